The highest BCUT2D eigenvalue weighted by Crippen LogP contribution is 2.19. The van der Waals surface area contributed by atoms with Crippen molar-refractivity contribution in [2.24, 2.45) is 0 Å². The van der Waals surface area contributed by atoms with Crippen molar-refractivity contribution in [2.75, 3.05) is 0 Å². The average molecular weight is 204 g/mol. The van der Waals surface area contributed by atoms with Crippen molar-refractivity contribution in [3.8, 4) is 0 Å². The van der Waals surface area contributed by atoms with Crippen LogP contribution in [0.15, 0.2) is 12.1 Å². The number of carboxylic acids is 1. The highest BCUT2D eigenvalue weighted by Gasteiger charge is 2.13. The summed E-state index contributed by atoms with van der Waals surface area (Å²) in [4.78, 5) is 11.1. The second-order valence-corrected chi connectivity index (χ2v) is 3.95. The molecule has 0 aromatic heterocycles. The first kappa shape index (κ1) is 11.8. The highest BCUT2D eigenvalue weighted by molar-refractivity contribution is 6.33. The van der Waals surface area contributed by atoms with Crippen LogP contribution in [-0.4, -0.2) is 18.4 Å². The summed E-state index contributed by atoms with van der Waals surface area (Å²) < 4.78 is 0. The molecule has 0 aliphatic rings. The van der Waals surface area contributed by atoms with Crippen LogP contribution in [0.2, 0.25) is 13.1 Å². The fraction of sp³-hybridized carbons (Fsp3) is 0.417. The number of carbonyl (C=O) groups is 1. The zero-order valence-corrected chi connectivity index (χ0v) is 9.63. The molecule has 0 spiro atoms. The molecule has 0 heterocycles. The van der Waals surface area contributed by atoms with Crippen molar-refractivity contribution in [1.29, 1.82) is 0 Å². The normalized spacial score (nSPS) is 10.1. The van der Waals surface area contributed by atoms with Crippen LogP contribution < -0.4 is 0 Å². The number of aromatic carboxylic acids is 1. The number of rotatable bonds is 4. The highest BCUT2D eigenvalue weighted by atomic mass is 16.4. The number of aryl methyl sites for hydroxylation is 2. The van der Waals surface area contributed by atoms with Crippen LogP contribution >= 0.6 is 0 Å². The first-order valence-electron chi connectivity index (χ1n) is 5.40. The Morgan fingerprint density at radius 3 is 2.60 bits per heavy atom. The van der Waals surface area contributed by atoms with E-state index in [0.29, 0.717) is 5.56 Å². The van der Waals surface area contributed by atoms with Gasteiger partial charge in [0.2, 0.25) is 0 Å². The summed E-state index contributed by atoms with van der Waals surface area (Å²) in [7, 11) is 1.13. The van der Waals surface area contributed by atoms with Crippen molar-refractivity contribution in [3.05, 3.63) is 34.4 Å². The van der Waals surface area contributed by atoms with E-state index >= 15 is 0 Å². The molecule has 0 saturated heterocycles. The van der Waals surface area contributed by atoms with Crippen LogP contribution in [0.3, 0.4) is 0 Å². The summed E-state index contributed by atoms with van der Waals surface area (Å²) in [6, 6.07) is 3.95. The van der Waals surface area contributed by atoms with E-state index in [1.54, 1.807) is 0 Å². The van der Waals surface area contributed by atoms with Crippen LogP contribution in [0.4, 0.5) is 0 Å². The van der Waals surface area contributed by atoms with E-state index in [4.69, 9.17) is 5.11 Å². The van der Waals surface area contributed by atoms with Crippen molar-refractivity contribution in [1.82, 2.24) is 0 Å². The smallest absolute Gasteiger partial charge is 0.336 e. The fourth-order valence-corrected chi connectivity index (χ4v) is 1.86. The van der Waals surface area contributed by atoms with E-state index in [0.717, 1.165) is 31.1 Å². The summed E-state index contributed by atoms with van der Waals surface area (Å²) in [5, 5.41) is 9.10. The first-order chi connectivity index (χ1) is 7.07. The maximum absolute atomic E-state index is 11.1. The largest absolute Gasteiger partial charge is 0.478 e. The van der Waals surface area contributed by atoms with Gasteiger partial charge in [-0.15, -0.1) is 0 Å². The number of hydrogen-bond donors (Lipinski definition) is 1. The Balaban J connectivity index is 3.11. The fourth-order valence-electron chi connectivity index (χ4n) is 1.86. The quantitative estimate of drug-likeness (QED) is 0.764. The van der Waals surface area contributed by atoms with Gasteiger partial charge < -0.3 is 5.11 Å². The third-order valence-corrected chi connectivity index (χ3v) is 2.80. The lowest BCUT2D eigenvalue weighted by molar-refractivity contribution is 0.0695. The van der Waals surface area contributed by atoms with Gasteiger partial charge in [-0.3, -0.25) is 0 Å². The zero-order valence-electron chi connectivity index (χ0n) is 9.63. The Hall–Kier alpha value is -1.25. The van der Waals surface area contributed by atoms with E-state index in [9.17, 15) is 4.79 Å². The van der Waals surface area contributed by atoms with Gasteiger partial charge in [-0.25, -0.2) is 4.79 Å². The molecule has 0 radical (unpaired) electrons. The molecule has 1 N–H and O–H groups in total. The van der Waals surface area contributed by atoms with Gasteiger partial charge >= 0.3 is 5.97 Å². The molecule has 1 rings (SSSR count). The first-order valence-corrected chi connectivity index (χ1v) is 5.40. The molecule has 0 aliphatic heterocycles. The van der Waals surface area contributed by atoms with Crippen molar-refractivity contribution < 1.29 is 9.90 Å². The van der Waals surface area contributed by atoms with Gasteiger partial charge in [0.25, 0.3) is 0 Å². The van der Waals surface area contributed by atoms with Crippen LogP contribution in [0.5, 0.6) is 0 Å². The van der Waals surface area contributed by atoms with Crippen LogP contribution in [0.25, 0.3) is 0 Å². The van der Waals surface area contributed by atoms with Crippen molar-refractivity contribution in [3.63, 3.8) is 0 Å². The second kappa shape index (κ2) is 5.01. The Morgan fingerprint density at radius 1 is 1.40 bits per heavy atom. The molecule has 0 aliphatic carbocycles. The second-order valence-electron chi connectivity index (χ2n) is 3.95. The molecule has 0 bridgehead atoms. The Kier molecular flexibility index (Phi) is 3.95. The van der Waals surface area contributed by atoms with Gasteiger partial charge in [0.05, 0.1) is 5.56 Å². The van der Waals surface area contributed by atoms with E-state index in [1.807, 2.05) is 26.0 Å². The molecular weight excluding hydrogens is 187 g/mol. The number of hydrogen-bond acceptors (Lipinski definition) is 1. The molecule has 3 heteroatoms. The number of carboxylic acid groups (broad SMARTS) is 1. The lowest BCUT2D eigenvalue weighted by Crippen LogP contribution is -2.06. The summed E-state index contributed by atoms with van der Waals surface area (Å²) in [5.74, 6) is -0.816. The van der Waals surface area contributed by atoms with Gasteiger partial charge in [0.1, 0.15) is 7.28 Å². The van der Waals surface area contributed by atoms with Crippen molar-refractivity contribution >= 4 is 13.2 Å². The lowest BCUT2D eigenvalue weighted by atomic mass is 9.75. The Labute approximate surface area is 91.6 Å². The van der Waals surface area contributed by atoms with Crippen LogP contribution in [0, 0.1) is 13.8 Å². The summed E-state index contributed by atoms with van der Waals surface area (Å²) in [5.41, 5.74) is 3.42. The predicted octanol–water partition coefficient (Wildman–Crippen LogP) is 2.45. The minimum atomic E-state index is -0.816. The molecule has 15 heavy (non-hydrogen) atoms. The summed E-state index contributed by atoms with van der Waals surface area (Å²) in [6.45, 7) is 5.89. The van der Waals surface area contributed by atoms with E-state index < -0.39 is 5.97 Å². The van der Waals surface area contributed by atoms with Gasteiger partial charge in [-0.2, -0.15) is 0 Å². The minimum absolute atomic E-state index is 0.476. The molecule has 0 fully saturated rings. The molecule has 0 amide bonds. The number of benzene rings is 1. The molecule has 80 valence electrons. The van der Waals surface area contributed by atoms with Gasteiger partial charge in [0, 0.05) is 0 Å². The maximum atomic E-state index is 11.1. The van der Waals surface area contributed by atoms with Gasteiger partial charge in [-0.05, 0) is 37.0 Å². The van der Waals surface area contributed by atoms with Crippen LogP contribution in [0.1, 0.15) is 27.0 Å². The van der Waals surface area contributed by atoms with E-state index in [-0.39, 0.29) is 0 Å². The molecule has 0 atom stereocenters. The third-order valence-electron chi connectivity index (χ3n) is 2.80. The standard InChI is InChI=1S/C12H17BO2/c1-8-4-5-10(6-7-13-3)9(2)11(8)12(14)15/h4-5,13H,6-7H2,1-3H3,(H,14,15). The minimum Gasteiger partial charge on any atom is -0.478 e. The Bertz CT molecular complexity index is 372. The monoisotopic (exact) mass is 204 g/mol. The van der Waals surface area contributed by atoms with Gasteiger partial charge in [-0.1, -0.05) is 25.3 Å². The zero-order chi connectivity index (χ0) is 11.4. The topological polar surface area (TPSA) is 37.3 Å². The molecular formula is C12H17BO2. The SMILES string of the molecule is CBCCc1ccc(C)c(C(=O)O)c1C. The summed E-state index contributed by atoms with van der Waals surface area (Å²) >= 11 is 0. The van der Waals surface area contributed by atoms with Crippen LogP contribution in [-0.2, 0) is 6.42 Å². The molecule has 0 saturated carbocycles. The maximum Gasteiger partial charge on any atom is 0.336 e. The van der Waals surface area contributed by atoms with Gasteiger partial charge in [0.15, 0.2) is 0 Å². The molecule has 2 nitrogen and oxygen atoms in total. The van der Waals surface area contributed by atoms with E-state index in [1.165, 1.54) is 5.56 Å². The predicted molar refractivity (Wildman–Crippen MR) is 64.4 cm³/mol. The van der Waals surface area contributed by atoms with Crippen molar-refractivity contribution in [2.45, 2.75) is 33.4 Å². The molecule has 1 aromatic carbocycles. The third kappa shape index (κ3) is 2.61. The lowest BCUT2D eigenvalue weighted by Gasteiger charge is -2.10. The summed E-state index contributed by atoms with van der Waals surface area (Å²) in [6.07, 6.45) is 2.09. The molecule has 1 aromatic rings. The van der Waals surface area contributed by atoms with E-state index in [2.05, 4.69) is 6.82 Å². The Morgan fingerprint density at radius 2 is 2.07 bits per heavy atom. The molecule has 0 unspecified atom stereocenters. The average Bonchev–Trinajstić information content (AvgIpc) is 2.16.